The highest BCUT2D eigenvalue weighted by molar-refractivity contribution is 7.89. The number of nitrogens with zero attached hydrogens (tertiary/aromatic N) is 3. The Morgan fingerprint density at radius 2 is 1.94 bits per heavy atom. The fourth-order valence-corrected chi connectivity index (χ4v) is 6.52. The van der Waals surface area contributed by atoms with E-state index in [1.54, 1.807) is 36.0 Å². The molecule has 0 saturated carbocycles. The van der Waals surface area contributed by atoms with Crippen molar-refractivity contribution in [3.05, 3.63) is 68.9 Å². The molecule has 8 nitrogen and oxygen atoms in total. The summed E-state index contributed by atoms with van der Waals surface area (Å²) >= 11 is 18.5. The third-order valence-electron chi connectivity index (χ3n) is 5.94. The van der Waals surface area contributed by atoms with Crippen LogP contribution >= 0.6 is 34.8 Å². The number of halogens is 3. The normalized spacial score (nSPS) is 15.6. The van der Waals surface area contributed by atoms with Gasteiger partial charge in [-0.2, -0.15) is 9.40 Å². The fourth-order valence-electron chi connectivity index (χ4n) is 4.20. The maximum absolute atomic E-state index is 13.6. The number of hydrogen-bond donors (Lipinski definition) is 0. The van der Waals surface area contributed by atoms with E-state index in [2.05, 4.69) is 5.10 Å². The van der Waals surface area contributed by atoms with Crippen LogP contribution in [-0.2, 0) is 32.5 Å². The summed E-state index contributed by atoms with van der Waals surface area (Å²) < 4.78 is 40.8. The second-order valence-corrected chi connectivity index (χ2v) is 11.4. The Bertz CT molecular complexity index is 1390. The first kappa shape index (κ1) is 26.8. The molecule has 1 aliphatic rings. The minimum Gasteiger partial charge on any atom is -0.465 e. The van der Waals surface area contributed by atoms with Crippen LogP contribution in [0.3, 0.4) is 0 Å². The van der Waals surface area contributed by atoms with Gasteiger partial charge in [0.05, 0.1) is 28.9 Å². The van der Waals surface area contributed by atoms with E-state index in [4.69, 9.17) is 44.3 Å². The monoisotopic (exact) mass is 571 g/mol. The first-order valence-corrected chi connectivity index (χ1v) is 13.8. The third kappa shape index (κ3) is 5.50. The number of carbonyl (C=O) groups is 1. The number of ether oxygens (including phenoxy) is 2. The number of sulfonamides is 1. The molecule has 12 heteroatoms. The van der Waals surface area contributed by atoms with Crippen molar-refractivity contribution in [2.45, 2.75) is 43.7 Å². The van der Waals surface area contributed by atoms with E-state index in [1.165, 1.54) is 29.6 Å². The van der Waals surface area contributed by atoms with Gasteiger partial charge in [-0.15, -0.1) is 0 Å². The standard InChI is InChI=1S/C24H24Cl3N3O5S/c1-3-34-24(31)14-30-21-6-4-5-20(17(21)13-28-30)29(2)36(32,33)23-10-8-16(12-19(23)27)35-22-9-7-15(25)11-18(22)26/h7-13,20H,3-6,14H2,1-2H3/t20-/m1/s1. The Morgan fingerprint density at radius 1 is 1.17 bits per heavy atom. The smallest absolute Gasteiger partial charge is 0.327 e. The molecule has 0 unspecified atom stereocenters. The molecule has 2 aromatic carbocycles. The van der Waals surface area contributed by atoms with E-state index in [1.807, 2.05) is 0 Å². The predicted molar refractivity (Wildman–Crippen MR) is 137 cm³/mol. The highest BCUT2D eigenvalue weighted by atomic mass is 35.5. The quantitative estimate of drug-likeness (QED) is 0.312. The molecule has 0 fully saturated rings. The zero-order valence-corrected chi connectivity index (χ0v) is 22.7. The Hall–Kier alpha value is -2.30. The fraction of sp³-hybridized carbons (Fsp3) is 0.333. The lowest BCUT2D eigenvalue weighted by Gasteiger charge is -2.31. The molecule has 192 valence electrons. The molecule has 0 bridgehead atoms. The van der Waals surface area contributed by atoms with Gasteiger partial charge in [0.1, 0.15) is 22.9 Å². The van der Waals surface area contributed by atoms with Crippen LogP contribution in [0.25, 0.3) is 0 Å². The maximum Gasteiger partial charge on any atom is 0.327 e. The zero-order chi connectivity index (χ0) is 26.0. The van der Waals surface area contributed by atoms with Crippen molar-refractivity contribution in [1.82, 2.24) is 14.1 Å². The maximum atomic E-state index is 13.6. The van der Waals surface area contributed by atoms with Crippen molar-refractivity contribution in [3.8, 4) is 11.5 Å². The van der Waals surface area contributed by atoms with E-state index in [0.717, 1.165) is 17.7 Å². The molecular weight excluding hydrogens is 549 g/mol. The van der Waals surface area contributed by atoms with Crippen molar-refractivity contribution in [2.24, 2.45) is 0 Å². The molecule has 4 rings (SSSR count). The molecule has 0 amide bonds. The summed E-state index contributed by atoms with van der Waals surface area (Å²) in [5.74, 6) is 0.297. The van der Waals surface area contributed by atoms with Crippen molar-refractivity contribution >= 4 is 50.8 Å². The topological polar surface area (TPSA) is 90.7 Å². The number of benzene rings is 2. The SMILES string of the molecule is CCOC(=O)Cn1ncc2c1CCC[C@H]2N(C)S(=O)(=O)c1ccc(Oc2ccc(Cl)cc2Cl)cc1Cl. The van der Waals surface area contributed by atoms with Crippen LogP contribution in [0, 0.1) is 0 Å². The van der Waals surface area contributed by atoms with E-state index >= 15 is 0 Å². The number of rotatable bonds is 8. The second kappa shape index (κ2) is 11.0. The molecule has 0 spiro atoms. The number of esters is 1. The summed E-state index contributed by atoms with van der Waals surface area (Å²) in [4.78, 5) is 11.9. The van der Waals surface area contributed by atoms with Gasteiger partial charge in [-0.1, -0.05) is 34.8 Å². The summed E-state index contributed by atoms with van der Waals surface area (Å²) in [6, 6.07) is 8.68. The molecule has 3 aromatic rings. The summed E-state index contributed by atoms with van der Waals surface area (Å²) in [5.41, 5.74) is 1.60. The molecular formula is C24H24Cl3N3O5S. The van der Waals surface area contributed by atoms with Crippen LogP contribution in [0.2, 0.25) is 15.1 Å². The van der Waals surface area contributed by atoms with E-state index < -0.39 is 16.1 Å². The minimum absolute atomic E-state index is 0.0125. The van der Waals surface area contributed by atoms with Crippen LogP contribution in [0.4, 0.5) is 0 Å². The molecule has 0 radical (unpaired) electrons. The van der Waals surface area contributed by atoms with Gasteiger partial charge in [-0.05, 0) is 56.5 Å². The van der Waals surface area contributed by atoms with Crippen molar-refractivity contribution < 1.29 is 22.7 Å². The lowest BCUT2D eigenvalue weighted by atomic mass is 9.93. The van der Waals surface area contributed by atoms with Gasteiger partial charge < -0.3 is 9.47 Å². The van der Waals surface area contributed by atoms with Gasteiger partial charge in [0.25, 0.3) is 0 Å². The third-order valence-corrected chi connectivity index (χ3v) is 8.82. The Morgan fingerprint density at radius 3 is 2.64 bits per heavy atom. The predicted octanol–water partition coefficient (Wildman–Crippen LogP) is 5.90. The zero-order valence-electron chi connectivity index (χ0n) is 19.6. The highest BCUT2D eigenvalue weighted by Crippen LogP contribution is 2.39. The van der Waals surface area contributed by atoms with E-state index in [9.17, 15) is 13.2 Å². The van der Waals surface area contributed by atoms with Gasteiger partial charge in [0.15, 0.2) is 0 Å². The molecule has 1 heterocycles. The molecule has 1 aromatic heterocycles. The summed E-state index contributed by atoms with van der Waals surface area (Å²) in [6.07, 6.45) is 3.67. The number of hydrogen-bond acceptors (Lipinski definition) is 6. The lowest BCUT2D eigenvalue weighted by molar-refractivity contribution is -0.144. The molecule has 0 N–H and O–H groups in total. The first-order chi connectivity index (χ1) is 17.1. The van der Waals surface area contributed by atoms with Crippen LogP contribution in [0.1, 0.15) is 37.1 Å². The van der Waals surface area contributed by atoms with Crippen molar-refractivity contribution in [2.75, 3.05) is 13.7 Å². The molecule has 36 heavy (non-hydrogen) atoms. The van der Waals surface area contributed by atoms with E-state index in [-0.39, 0.29) is 29.0 Å². The number of aromatic nitrogens is 2. The van der Waals surface area contributed by atoms with Crippen LogP contribution < -0.4 is 4.74 Å². The van der Waals surface area contributed by atoms with Gasteiger partial charge in [0, 0.05) is 29.4 Å². The van der Waals surface area contributed by atoms with Crippen LogP contribution in [-0.4, -0.2) is 42.1 Å². The number of carbonyl (C=O) groups excluding carboxylic acids is 1. The summed E-state index contributed by atoms with van der Waals surface area (Å²) in [7, 11) is -2.44. The minimum atomic E-state index is -3.96. The van der Waals surface area contributed by atoms with Crippen molar-refractivity contribution in [1.29, 1.82) is 0 Å². The average Bonchev–Trinajstić information content (AvgIpc) is 3.23. The van der Waals surface area contributed by atoms with Gasteiger partial charge in [-0.25, -0.2) is 8.42 Å². The lowest BCUT2D eigenvalue weighted by Crippen LogP contribution is -2.33. The Labute approximate surface area is 224 Å². The first-order valence-electron chi connectivity index (χ1n) is 11.2. The van der Waals surface area contributed by atoms with E-state index in [0.29, 0.717) is 34.4 Å². The molecule has 0 saturated heterocycles. The molecule has 1 atom stereocenters. The van der Waals surface area contributed by atoms with Gasteiger partial charge in [-0.3, -0.25) is 9.48 Å². The average molecular weight is 573 g/mol. The van der Waals surface area contributed by atoms with Gasteiger partial charge in [0.2, 0.25) is 10.0 Å². The number of fused-ring (bicyclic) bond motifs is 1. The van der Waals surface area contributed by atoms with Crippen LogP contribution in [0.15, 0.2) is 47.5 Å². The molecule has 0 aliphatic heterocycles. The van der Waals surface area contributed by atoms with Gasteiger partial charge >= 0.3 is 5.97 Å². The van der Waals surface area contributed by atoms with Crippen molar-refractivity contribution in [3.63, 3.8) is 0 Å². The summed E-state index contributed by atoms with van der Waals surface area (Å²) in [5, 5.41) is 5.11. The van der Waals surface area contributed by atoms with Crippen LogP contribution in [0.5, 0.6) is 11.5 Å². The Balaban J connectivity index is 1.57. The summed E-state index contributed by atoms with van der Waals surface area (Å²) in [6.45, 7) is 2.00. The Kier molecular flexibility index (Phi) is 8.16. The second-order valence-electron chi connectivity index (χ2n) is 8.21. The highest BCUT2D eigenvalue weighted by Gasteiger charge is 2.35. The molecule has 1 aliphatic carbocycles. The largest absolute Gasteiger partial charge is 0.465 e.